The molecule has 7 nitrogen and oxygen atoms in total. The fourth-order valence-electron chi connectivity index (χ4n) is 2.47. The zero-order valence-electron chi connectivity index (χ0n) is 15.3. The van der Waals surface area contributed by atoms with Crippen molar-refractivity contribution in [3.05, 3.63) is 69.3 Å². The fraction of sp³-hybridized carbons (Fsp3) is 0.263. The third-order valence-corrected chi connectivity index (χ3v) is 3.90. The first-order chi connectivity index (χ1) is 13.6. The standard InChI is InChI=1S/C19H17F3N2O5/c1-2-29-18(26)13-6-9-16(24(27)28)15(11-13)23-17(25)10-5-12-3-7-14(8-4-12)19(20,21)22/h3-4,6-9,11H,2,5,10H2,1H3,(H,23,25). The van der Waals surface area contributed by atoms with Gasteiger partial charge in [0, 0.05) is 12.5 Å². The first-order valence-electron chi connectivity index (χ1n) is 8.53. The van der Waals surface area contributed by atoms with Crippen molar-refractivity contribution in [2.75, 3.05) is 11.9 Å². The highest BCUT2D eigenvalue weighted by molar-refractivity contribution is 5.97. The van der Waals surface area contributed by atoms with Crippen molar-refractivity contribution in [1.82, 2.24) is 0 Å². The highest BCUT2D eigenvalue weighted by Crippen LogP contribution is 2.29. The van der Waals surface area contributed by atoms with Gasteiger partial charge < -0.3 is 10.1 Å². The number of ether oxygens (including phenoxy) is 1. The molecule has 0 bridgehead atoms. The lowest BCUT2D eigenvalue weighted by atomic mass is 10.1. The molecule has 1 N–H and O–H groups in total. The second-order valence-corrected chi connectivity index (χ2v) is 5.95. The van der Waals surface area contributed by atoms with E-state index in [-0.39, 0.29) is 30.7 Å². The number of nitrogens with one attached hydrogen (secondary N) is 1. The first-order valence-corrected chi connectivity index (χ1v) is 8.53. The Balaban J connectivity index is 2.08. The molecule has 154 valence electrons. The molecule has 0 unspecified atom stereocenters. The van der Waals surface area contributed by atoms with Crippen LogP contribution >= 0.6 is 0 Å². The number of rotatable bonds is 7. The van der Waals surface area contributed by atoms with Gasteiger partial charge in [-0.2, -0.15) is 13.2 Å². The monoisotopic (exact) mass is 410 g/mol. The molecular formula is C19H17F3N2O5. The number of aryl methyl sites for hydroxylation is 1. The third kappa shape index (κ3) is 6.03. The summed E-state index contributed by atoms with van der Waals surface area (Å²) in [7, 11) is 0. The summed E-state index contributed by atoms with van der Waals surface area (Å²) >= 11 is 0. The van der Waals surface area contributed by atoms with Crippen LogP contribution in [0.4, 0.5) is 24.5 Å². The number of hydrogen-bond donors (Lipinski definition) is 1. The van der Waals surface area contributed by atoms with Crippen LogP contribution in [0.2, 0.25) is 0 Å². The first kappa shape index (κ1) is 21.9. The van der Waals surface area contributed by atoms with Gasteiger partial charge in [-0.3, -0.25) is 14.9 Å². The van der Waals surface area contributed by atoms with Crippen LogP contribution in [0.5, 0.6) is 0 Å². The summed E-state index contributed by atoms with van der Waals surface area (Å²) < 4.78 is 42.5. The lowest BCUT2D eigenvalue weighted by Crippen LogP contribution is -2.15. The van der Waals surface area contributed by atoms with Crippen molar-refractivity contribution in [3.8, 4) is 0 Å². The van der Waals surface area contributed by atoms with Gasteiger partial charge in [0.15, 0.2) is 0 Å². The SMILES string of the molecule is CCOC(=O)c1ccc([N+](=O)[O-])c(NC(=O)CCc2ccc(C(F)(F)F)cc2)c1. The van der Waals surface area contributed by atoms with E-state index in [1.807, 2.05) is 0 Å². The van der Waals surface area contributed by atoms with E-state index in [9.17, 15) is 32.9 Å². The van der Waals surface area contributed by atoms with Gasteiger partial charge in [0.25, 0.3) is 5.69 Å². The maximum absolute atomic E-state index is 12.6. The van der Waals surface area contributed by atoms with Crippen molar-refractivity contribution in [1.29, 1.82) is 0 Å². The topological polar surface area (TPSA) is 98.5 Å². The van der Waals surface area contributed by atoms with E-state index in [1.165, 1.54) is 18.2 Å². The van der Waals surface area contributed by atoms with Crippen LogP contribution in [-0.2, 0) is 22.1 Å². The summed E-state index contributed by atoms with van der Waals surface area (Å²) in [6.07, 6.45) is -4.43. The number of halogens is 3. The molecule has 0 fully saturated rings. The molecule has 2 aromatic rings. The molecule has 0 radical (unpaired) electrons. The molecule has 2 aromatic carbocycles. The van der Waals surface area contributed by atoms with Crippen molar-refractivity contribution < 1.29 is 32.4 Å². The number of benzene rings is 2. The second-order valence-electron chi connectivity index (χ2n) is 5.95. The number of carbonyl (C=O) groups is 2. The van der Waals surface area contributed by atoms with Crippen LogP contribution < -0.4 is 5.32 Å². The number of carbonyl (C=O) groups excluding carboxylic acids is 2. The molecule has 29 heavy (non-hydrogen) atoms. The summed E-state index contributed by atoms with van der Waals surface area (Å²) in [4.78, 5) is 34.4. The number of esters is 1. The van der Waals surface area contributed by atoms with Crippen LogP contribution in [0.15, 0.2) is 42.5 Å². The minimum Gasteiger partial charge on any atom is -0.462 e. The Hall–Kier alpha value is -3.43. The molecule has 0 spiro atoms. The minimum absolute atomic E-state index is 0.0375. The number of amides is 1. The summed E-state index contributed by atoms with van der Waals surface area (Å²) in [6, 6.07) is 7.81. The molecule has 0 aliphatic rings. The van der Waals surface area contributed by atoms with Crippen LogP contribution in [0.1, 0.15) is 34.8 Å². The van der Waals surface area contributed by atoms with Crippen LogP contribution in [-0.4, -0.2) is 23.4 Å². The fourth-order valence-corrected chi connectivity index (χ4v) is 2.47. The number of anilines is 1. The molecule has 0 aliphatic heterocycles. The van der Waals surface area contributed by atoms with E-state index in [2.05, 4.69) is 5.32 Å². The van der Waals surface area contributed by atoms with E-state index in [0.717, 1.165) is 24.3 Å². The lowest BCUT2D eigenvalue weighted by Gasteiger charge is -2.09. The van der Waals surface area contributed by atoms with Gasteiger partial charge in [-0.05, 0) is 43.2 Å². The van der Waals surface area contributed by atoms with Crippen molar-refractivity contribution in [2.24, 2.45) is 0 Å². The number of hydrogen-bond acceptors (Lipinski definition) is 5. The Kier molecular flexibility index (Phi) is 6.92. The van der Waals surface area contributed by atoms with Crippen LogP contribution in [0.25, 0.3) is 0 Å². The summed E-state index contributed by atoms with van der Waals surface area (Å²) in [5.74, 6) is -1.28. The number of alkyl halides is 3. The maximum Gasteiger partial charge on any atom is 0.416 e. The smallest absolute Gasteiger partial charge is 0.416 e. The normalized spacial score (nSPS) is 11.0. The highest BCUT2D eigenvalue weighted by Gasteiger charge is 2.29. The zero-order chi connectivity index (χ0) is 21.6. The van der Waals surface area contributed by atoms with Crippen LogP contribution in [0, 0.1) is 10.1 Å². The van der Waals surface area contributed by atoms with E-state index in [0.29, 0.717) is 5.56 Å². The minimum atomic E-state index is -4.45. The Morgan fingerprint density at radius 1 is 1.14 bits per heavy atom. The van der Waals surface area contributed by atoms with Crippen LogP contribution in [0.3, 0.4) is 0 Å². The molecule has 10 heteroatoms. The Bertz CT molecular complexity index is 911. The van der Waals surface area contributed by atoms with Crippen molar-refractivity contribution in [3.63, 3.8) is 0 Å². The Morgan fingerprint density at radius 3 is 2.34 bits per heavy atom. The largest absolute Gasteiger partial charge is 0.462 e. The summed E-state index contributed by atoms with van der Waals surface area (Å²) in [5.41, 5.74) is -0.825. The summed E-state index contributed by atoms with van der Waals surface area (Å²) in [5, 5.41) is 13.5. The Morgan fingerprint density at radius 2 is 1.79 bits per heavy atom. The van der Waals surface area contributed by atoms with Gasteiger partial charge in [-0.1, -0.05) is 12.1 Å². The number of nitro benzene ring substituents is 1. The van der Waals surface area contributed by atoms with Gasteiger partial charge in [-0.25, -0.2) is 4.79 Å². The molecule has 0 aliphatic carbocycles. The molecule has 1 amide bonds. The van der Waals surface area contributed by atoms with E-state index in [1.54, 1.807) is 6.92 Å². The predicted molar refractivity (Wildman–Crippen MR) is 97.4 cm³/mol. The lowest BCUT2D eigenvalue weighted by molar-refractivity contribution is -0.383. The molecule has 0 saturated heterocycles. The molecule has 0 aromatic heterocycles. The van der Waals surface area contributed by atoms with Gasteiger partial charge in [0.2, 0.25) is 5.91 Å². The molecular weight excluding hydrogens is 393 g/mol. The quantitative estimate of drug-likeness (QED) is 0.415. The average molecular weight is 410 g/mol. The van der Waals surface area contributed by atoms with E-state index < -0.39 is 34.2 Å². The highest BCUT2D eigenvalue weighted by atomic mass is 19.4. The van der Waals surface area contributed by atoms with Gasteiger partial charge >= 0.3 is 12.1 Å². The van der Waals surface area contributed by atoms with Gasteiger partial charge in [0.1, 0.15) is 5.69 Å². The molecule has 0 atom stereocenters. The predicted octanol–water partition coefficient (Wildman–Crippen LogP) is 4.36. The Labute approximate surface area is 163 Å². The zero-order valence-corrected chi connectivity index (χ0v) is 15.3. The number of nitro groups is 1. The average Bonchev–Trinajstić information content (AvgIpc) is 2.66. The molecule has 0 saturated carbocycles. The maximum atomic E-state index is 12.6. The van der Waals surface area contributed by atoms with E-state index in [4.69, 9.17) is 4.74 Å². The second kappa shape index (κ2) is 9.18. The van der Waals surface area contributed by atoms with Gasteiger partial charge in [-0.15, -0.1) is 0 Å². The van der Waals surface area contributed by atoms with Crippen molar-refractivity contribution in [2.45, 2.75) is 25.9 Å². The third-order valence-electron chi connectivity index (χ3n) is 3.90. The number of nitrogens with zero attached hydrogens (tertiary/aromatic N) is 1. The van der Waals surface area contributed by atoms with E-state index >= 15 is 0 Å². The molecule has 0 heterocycles. The van der Waals surface area contributed by atoms with Gasteiger partial charge in [0.05, 0.1) is 22.7 Å². The molecule has 2 rings (SSSR count). The summed E-state index contributed by atoms with van der Waals surface area (Å²) in [6.45, 7) is 1.72. The van der Waals surface area contributed by atoms with Crippen molar-refractivity contribution >= 4 is 23.3 Å².